The Kier molecular flexibility index (Phi) is 4.98. The van der Waals surface area contributed by atoms with Crippen LogP contribution in [0.5, 0.6) is 0 Å². The summed E-state index contributed by atoms with van der Waals surface area (Å²) in [6.07, 6.45) is 9.15. The molecule has 1 aliphatic carbocycles. The standard InChI is InChI=1S/C15H24O/c1-11(2)6-5-7-14-8-12(3)15(10-16)13(4)9-14/h6,8,10,12-13,15H,5,7,9H2,1-4H3. The Bertz CT molecular complexity index is 295. The fourth-order valence-electron chi connectivity index (χ4n) is 2.61. The quantitative estimate of drug-likeness (QED) is 0.514. The first-order valence-electron chi connectivity index (χ1n) is 6.32. The van der Waals surface area contributed by atoms with Crippen molar-refractivity contribution < 1.29 is 4.79 Å². The molecule has 0 saturated heterocycles. The monoisotopic (exact) mass is 220 g/mol. The SMILES string of the molecule is CC(C)=CCCC1=CC(C)C(C=O)C(C)C1. The van der Waals surface area contributed by atoms with E-state index >= 15 is 0 Å². The molecule has 90 valence electrons. The molecule has 0 N–H and O–H groups in total. The Morgan fingerprint density at radius 3 is 2.62 bits per heavy atom. The number of hydrogen-bond donors (Lipinski definition) is 0. The Morgan fingerprint density at radius 1 is 1.44 bits per heavy atom. The van der Waals surface area contributed by atoms with E-state index < -0.39 is 0 Å². The molecule has 0 radical (unpaired) electrons. The highest BCUT2D eigenvalue weighted by molar-refractivity contribution is 5.55. The first-order valence-corrected chi connectivity index (χ1v) is 6.32. The topological polar surface area (TPSA) is 17.1 Å². The minimum atomic E-state index is 0.229. The summed E-state index contributed by atoms with van der Waals surface area (Å²) in [6, 6.07) is 0. The van der Waals surface area contributed by atoms with E-state index in [1.165, 1.54) is 11.1 Å². The van der Waals surface area contributed by atoms with Crippen molar-refractivity contribution in [3.8, 4) is 0 Å². The van der Waals surface area contributed by atoms with Gasteiger partial charge >= 0.3 is 0 Å². The lowest BCUT2D eigenvalue weighted by Gasteiger charge is -2.29. The molecule has 0 aliphatic heterocycles. The Morgan fingerprint density at radius 2 is 2.12 bits per heavy atom. The van der Waals surface area contributed by atoms with Gasteiger partial charge in [-0.3, -0.25) is 0 Å². The molecule has 3 atom stereocenters. The van der Waals surface area contributed by atoms with Crippen molar-refractivity contribution in [3.63, 3.8) is 0 Å². The average Bonchev–Trinajstić information content (AvgIpc) is 2.16. The highest BCUT2D eigenvalue weighted by Gasteiger charge is 2.26. The average molecular weight is 220 g/mol. The smallest absolute Gasteiger partial charge is 0.123 e. The fraction of sp³-hybridized carbons (Fsp3) is 0.667. The van der Waals surface area contributed by atoms with E-state index in [4.69, 9.17) is 0 Å². The largest absolute Gasteiger partial charge is 0.303 e. The molecule has 1 heteroatoms. The molecule has 0 aromatic rings. The zero-order valence-electron chi connectivity index (χ0n) is 11.0. The molecule has 1 aliphatic rings. The minimum absolute atomic E-state index is 0.229. The molecule has 0 fully saturated rings. The molecular weight excluding hydrogens is 196 g/mol. The van der Waals surface area contributed by atoms with Crippen molar-refractivity contribution >= 4 is 6.29 Å². The van der Waals surface area contributed by atoms with Crippen molar-refractivity contribution in [2.24, 2.45) is 17.8 Å². The number of carbonyl (C=O) groups excluding carboxylic acids is 1. The number of hydrogen-bond acceptors (Lipinski definition) is 1. The van der Waals surface area contributed by atoms with Crippen LogP contribution in [0.1, 0.15) is 47.0 Å². The van der Waals surface area contributed by atoms with Crippen molar-refractivity contribution in [1.29, 1.82) is 0 Å². The zero-order valence-corrected chi connectivity index (χ0v) is 11.0. The highest BCUT2D eigenvalue weighted by atomic mass is 16.1. The summed E-state index contributed by atoms with van der Waals surface area (Å²) in [7, 11) is 0. The predicted octanol–water partition coefficient (Wildman–Crippen LogP) is 4.15. The summed E-state index contributed by atoms with van der Waals surface area (Å²) in [5.41, 5.74) is 2.93. The Balaban J connectivity index is 2.56. The molecule has 3 unspecified atom stereocenters. The lowest BCUT2D eigenvalue weighted by molar-refractivity contribution is -0.113. The summed E-state index contributed by atoms with van der Waals surface area (Å²) in [5, 5.41) is 0. The summed E-state index contributed by atoms with van der Waals surface area (Å²) >= 11 is 0. The van der Waals surface area contributed by atoms with E-state index in [0.717, 1.165) is 25.5 Å². The van der Waals surface area contributed by atoms with E-state index in [-0.39, 0.29) is 5.92 Å². The van der Waals surface area contributed by atoms with E-state index in [0.29, 0.717) is 11.8 Å². The fourth-order valence-corrected chi connectivity index (χ4v) is 2.61. The van der Waals surface area contributed by atoms with Gasteiger partial charge in [0.05, 0.1) is 0 Å². The van der Waals surface area contributed by atoms with E-state index in [1.54, 1.807) is 0 Å². The molecule has 0 heterocycles. The van der Waals surface area contributed by atoms with Crippen LogP contribution < -0.4 is 0 Å². The second-order valence-corrected chi connectivity index (χ2v) is 5.40. The zero-order chi connectivity index (χ0) is 12.1. The number of allylic oxidation sites excluding steroid dienone is 4. The van der Waals surface area contributed by atoms with Gasteiger partial charge in [-0.15, -0.1) is 0 Å². The molecular formula is C15H24O. The maximum atomic E-state index is 11.0. The molecule has 0 saturated carbocycles. The number of rotatable bonds is 4. The molecule has 1 rings (SSSR count). The predicted molar refractivity (Wildman–Crippen MR) is 69.2 cm³/mol. The summed E-state index contributed by atoms with van der Waals surface area (Å²) in [6.45, 7) is 8.64. The van der Waals surface area contributed by atoms with Crippen LogP contribution in [0.25, 0.3) is 0 Å². The molecule has 0 aromatic heterocycles. The van der Waals surface area contributed by atoms with Gasteiger partial charge in [-0.25, -0.2) is 0 Å². The molecule has 16 heavy (non-hydrogen) atoms. The second kappa shape index (κ2) is 6.03. The third-order valence-corrected chi connectivity index (χ3v) is 3.52. The second-order valence-electron chi connectivity index (χ2n) is 5.40. The highest BCUT2D eigenvalue weighted by Crippen LogP contribution is 2.34. The molecule has 0 bridgehead atoms. The Hall–Kier alpha value is -0.850. The molecule has 1 nitrogen and oxygen atoms in total. The van der Waals surface area contributed by atoms with E-state index in [1.807, 2.05) is 0 Å². The van der Waals surface area contributed by atoms with Crippen LogP contribution in [0.2, 0.25) is 0 Å². The molecule has 0 spiro atoms. The van der Waals surface area contributed by atoms with Crippen LogP contribution in [0.15, 0.2) is 23.3 Å². The van der Waals surface area contributed by atoms with Gasteiger partial charge in [0, 0.05) is 5.92 Å². The normalized spacial score (nSPS) is 29.5. The van der Waals surface area contributed by atoms with Crippen LogP contribution in [-0.4, -0.2) is 6.29 Å². The maximum Gasteiger partial charge on any atom is 0.123 e. The lowest BCUT2D eigenvalue weighted by atomic mass is 9.74. The third-order valence-electron chi connectivity index (χ3n) is 3.52. The number of carbonyl (C=O) groups is 1. The maximum absolute atomic E-state index is 11.0. The van der Waals surface area contributed by atoms with Gasteiger partial charge in [-0.05, 0) is 44.9 Å². The van der Waals surface area contributed by atoms with Crippen molar-refractivity contribution in [2.45, 2.75) is 47.0 Å². The van der Waals surface area contributed by atoms with Gasteiger partial charge in [0.1, 0.15) is 6.29 Å². The Labute approximate surface area is 99.6 Å². The van der Waals surface area contributed by atoms with Gasteiger partial charge in [-0.1, -0.05) is 37.1 Å². The third kappa shape index (κ3) is 3.62. The first-order chi connectivity index (χ1) is 7.54. The van der Waals surface area contributed by atoms with Gasteiger partial charge < -0.3 is 4.79 Å². The van der Waals surface area contributed by atoms with Crippen LogP contribution in [0.3, 0.4) is 0 Å². The van der Waals surface area contributed by atoms with E-state index in [9.17, 15) is 4.79 Å². The molecule has 0 aromatic carbocycles. The number of aldehydes is 1. The van der Waals surface area contributed by atoms with Crippen molar-refractivity contribution in [2.75, 3.05) is 0 Å². The van der Waals surface area contributed by atoms with Crippen LogP contribution >= 0.6 is 0 Å². The van der Waals surface area contributed by atoms with Crippen molar-refractivity contribution in [1.82, 2.24) is 0 Å². The van der Waals surface area contributed by atoms with Gasteiger partial charge in [0.15, 0.2) is 0 Å². The van der Waals surface area contributed by atoms with Gasteiger partial charge in [-0.2, -0.15) is 0 Å². The summed E-state index contributed by atoms with van der Waals surface area (Å²) < 4.78 is 0. The first kappa shape index (κ1) is 13.2. The van der Waals surface area contributed by atoms with Crippen molar-refractivity contribution in [3.05, 3.63) is 23.3 Å². The van der Waals surface area contributed by atoms with Crippen LogP contribution in [0.4, 0.5) is 0 Å². The lowest BCUT2D eigenvalue weighted by Crippen LogP contribution is -2.24. The van der Waals surface area contributed by atoms with Gasteiger partial charge in [0.2, 0.25) is 0 Å². The molecule has 0 amide bonds. The summed E-state index contributed by atoms with van der Waals surface area (Å²) in [5.74, 6) is 1.16. The van der Waals surface area contributed by atoms with Gasteiger partial charge in [0.25, 0.3) is 0 Å². The minimum Gasteiger partial charge on any atom is -0.303 e. The van der Waals surface area contributed by atoms with Crippen LogP contribution in [-0.2, 0) is 4.79 Å². The van der Waals surface area contributed by atoms with Crippen LogP contribution in [0, 0.1) is 17.8 Å². The van der Waals surface area contributed by atoms with E-state index in [2.05, 4.69) is 39.8 Å². The summed E-state index contributed by atoms with van der Waals surface area (Å²) in [4.78, 5) is 11.0.